The molecule has 0 unspecified atom stereocenters. The zero-order chi connectivity index (χ0) is 12.5. The summed E-state index contributed by atoms with van der Waals surface area (Å²) in [5.74, 6) is 1.54. The van der Waals surface area contributed by atoms with Gasteiger partial charge in [0.25, 0.3) is 0 Å². The number of hydrogen-bond donors (Lipinski definition) is 0. The van der Waals surface area contributed by atoms with Gasteiger partial charge in [0.2, 0.25) is 0 Å². The predicted molar refractivity (Wildman–Crippen MR) is 71.6 cm³/mol. The molecule has 92 valence electrons. The van der Waals surface area contributed by atoms with Gasteiger partial charge in [-0.3, -0.25) is 4.40 Å². The summed E-state index contributed by atoms with van der Waals surface area (Å²) in [6.07, 6.45) is 3.99. The van der Waals surface area contributed by atoms with E-state index in [9.17, 15) is 0 Å². The molecular formula is C13H12N2O2S. The van der Waals surface area contributed by atoms with Crippen molar-refractivity contribution >= 4 is 16.3 Å². The van der Waals surface area contributed by atoms with Crippen molar-refractivity contribution in [3.05, 3.63) is 36.0 Å². The van der Waals surface area contributed by atoms with Crippen LogP contribution >= 0.6 is 11.3 Å². The maximum absolute atomic E-state index is 5.39. The summed E-state index contributed by atoms with van der Waals surface area (Å²) < 4.78 is 12.6. The molecule has 0 radical (unpaired) electrons. The molecule has 18 heavy (non-hydrogen) atoms. The first kappa shape index (κ1) is 11.1. The summed E-state index contributed by atoms with van der Waals surface area (Å²) in [4.78, 5) is 5.54. The fraction of sp³-hybridized carbons (Fsp3) is 0.154. The Labute approximate surface area is 108 Å². The third-order valence-corrected chi connectivity index (χ3v) is 3.55. The molecule has 0 spiro atoms. The van der Waals surface area contributed by atoms with Gasteiger partial charge in [0.05, 0.1) is 19.9 Å². The number of imidazole rings is 1. The molecule has 2 heterocycles. The molecule has 0 atom stereocenters. The van der Waals surface area contributed by atoms with Gasteiger partial charge in [0.1, 0.15) is 11.5 Å². The number of aromatic nitrogens is 2. The van der Waals surface area contributed by atoms with Crippen molar-refractivity contribution in [2.75, 3.05) is 14.2 Å². The number of methoxy groups -OCH3 is 2. The minimum absolute atomic E-state index is 0.764. The van der Waals surface area contributed by atoms with Crippen LogP contribution in [0, 0.1) is 0 Å². The average Bonchev–Trinajstić information content (AvgIpc) is 2.98. The number of benzene rings is 1. The lowest BCUT2D eigenvalue weighted by Gasteiger charge is -2.08. The Balaban J connectivity index is 2.13. The van der Waals surface area contributed by atoms with Crippen molar-refractivity contribution in [2.45, 2.75) is 0 Å². The highest BCUT2D eigenvalue weighted by Gasteiger charge is 2.11. The maximum atomic E-state index is 5.39. The zero-order valence-corrected chi connectivity index (χ0v) is 10.9. The standard InChI is InChI=1S/C13H12N2O2S/c1-16-9-3-4-10(12(7-9)17-2)11-8-15-5-6-18-13(15)14-11/h3-8H,1-2H3. The molecule has 0 N–H and O–H groups in total. The molecule has 0 aliphatic rings. The summed E-state index contributed by atoms with van der Waals surface area (Å²) in [6, 6.07) is 5.73. The van der Waals surface area contributed by atoms with Gasteiger partial charge in [-0.15, -0.1) is 11.3 Å². The summed E-state index contributed by atoms with van der Waals surface area (Å²) in [7, 11) is 3.29. The molecule has 0 amide bonds. The number of hydrogen-bond acceptors (Lipinski definition) is 4. The minimum Gasteiger partial charge on any atom is -0.497 e. The van der Waals surface area contributed by atoms with Crippen LogP contribution in [0.2, 0.25) is 0 Å². The molecule has 0 saturated heterocycles. The van der Waals surface area contributed by atoms with Crippen LogP contribution < -0.4 is 9.47 Å². The fourth-order valence-corrected chi connectivity index (χ4v) is 2.57. The van der Waals surface area contributed by atoms with Crippen molar-refractivity contribution in [1.29, 1.82) is 0 Å². The van der Waals surface area contributed by atoms with Gasteiger partial charge >= 0.3 is 0 Å². The fourth-order valence-electron chi connectivity index (χ4n) is 1.87. The van der Waals surface area contributed by atoms with Gasteiger partial charge in [0, 0.05) is 29.4 Å². The smallest absolute Gasteiger partial charge is 0.194 e. The molecule has 4 nitrogen and oxygen atoms in total. The molecule has 0 fully saturated rings. The van der Waals surface area contributed by atoms with E-state index < -0.39 is 0 Å². The third kappa shape index (κ3) is 1.73. The van der Waals surface area contributed by atoms with Gasteiger partial charge in [-0.2, -0.15) is 0 Å². The van der Waals surface area contributed by atoms with Crippen LogP contribution in [0.3, 0.4) is 0 Å². The van der Waals surface area contributed by atoms with E-state index in [4.69, 9.17) is 9.47 Å². The van der Waals surface area contributed by atoms with Crippen LogP contribution in [-0.4, -0.2) is 23.6 Å². The second-order valence-corrected chi connectivity index (χ2v) is 4.66. The molecule has 3 aromatic rings. The molecule has 0 aliphatic carbocycles. The number of fused-ring (bicyclic) bond motifs is 1. The number of rotatable bonds is 3. The van der Waals surface area contributed by atoms with Crippen molar-refractivity contribution in [1.82, 2.24) is 9.38 Å². The lowest BCUT2D eigenvalue weighted by atomic mass is 10.1. The summed E-state index contributed by atoms with van der Waals surface area (Å²) >= 11 is 1.61. The second kappa shape index (κ2) is 4.34. The lowest BCUT2D eigenvalue weighted by Crippen LogP contribution is -1.90. The van der Waals surface area contributed by atoms with Gasteiger partial charge in [-0.05, 0) is 12.1 Å². The van der Waals surface area contributed by atoms with Gasteiger partial charge in [-0.25, -0.2) is 4.98 Å². The van der Waals surface area contributed by atoms with Crippen molar-refractivity contribution in [2.24, 2.45) is 0 Å². The predicted octanol–water partition coefficient (Wildman–Crippen LogP) is 3.08. The van der Waals surface area contributed by atoms with E-state index in [1.165, 1.54) is 0 Å². The molecule has 1 aromatic carbocycles. The Hall–Kier alpha value is -2.01. The first-order valence-electron chi connectivity index (χ1n) is 5.46. The number of nitrogens with zero attached hydrogens (tertiary/aromatic N) is 2. The van der Waals surface area contributed by atoms with E-state index in [0.29, 0.717) is 0 Å². The first-order chi connectivity index (χ1) is 8.81. The van der Waals surface area contributed by atoms with Crippen molar-refractivity contribution in [3.8, 4) is 22.8 Å². The lowest BCUT2D eigenvalue weighted by molar-refractivity contribution is 0.395. The largest absolute Gasteiger partial charge is 0.497 e. The molecule has 2 aromatic heterocycles. The third-order valence-electron chi connectivity index (χ3n) is 2.78. The van der Waals surface area contributed by atoms with Crippen LogP contribution in [0.15, 0.2) is 36.0 Å². The number of thiazole rings is 1. The Morgan fingerprint density at radius 3 is 2.83 bits per heavy atom. The summed E-state index contributed by atoms with van der Waals surface area (Å²) in [5, 5.41) is 2.01. The number of ether oxygens (including phenoxy) is 2. The van der Waals surface area contributed by atoms with E-state index in [1.54, 1.807) is 25.6 Å². The minimum atomic E-state index is 0.764. The average molecular weight is 260 g/mol. The first-order valence-corrected chi connectivity index (χ1v) is 6.34. The molecule has 3 rings (SSSR count). The highest BCUT2D eigenvalue weighted by atomic mass is 32.1. The topological polar surface area (TPSA) is 35.8 Å². The molecule has 0 bridgehead atoms. The van der Waals surface area contributed by atoms with Crippen LogP contribution in [0.5, 0.6) is 11.5 Å². The summed E-state index contributed by atoms with van der Waals surface area (Å²) in [5.41, 5.74) is 1.87. The van der Waals surface area contributed by atoms with Crippen molar-refractivity contribution in [3.63, 3.8) is 0 Å². The zero-order valence-electron chi connectivity index (χ0n) is 10.1. The highest BCUT2D eigenvalue weighted by Crippen LogP contribution is 2.33. The summed E-state index contributed by atoms with van der Waals surface area (Å²) in [6.45, 7) is 0. The SMILES string of the molecule is COc1ccc(-c2cn3ccsc3n2)c(OC)c1. The van der Waals surface area contributed by atoms with Gasteiger partial charge in [-0.1, -0.05) is 0 Å². The van der Waals surface area contributed by atoms with Crippen LogP contribution in [0.25, 0.3) is 16.2 Å². The van der Waals surface area contributed by atoms with Crippen LogP contribution in [-0.2, 0) is 0 Å². The quantitative estimate of drug-likeness (QED) is 0.726. The maximum Gasteiger partial charge on any atom is 0.194 e. The van der Waals surface area contributed by atoms with E-state index in [-0.39, 0.29) is 0 Å². The van der Waals surface area contributed by atoms with Crippen LogP contribution in [0.1, 0.15) is 0 Å². The molecule has 0 saturated carbocycles. The van der Waals surface area contributed by atoms with E-state index in [0.717, 1.165) is 27.7 Å². The highest BCUT2D eigenvalue weighted by molar-refractivity contribution is 7.15. The van der Waals surface area contributed by atoms with E-state index in [1.807, 2.05) is 40.4 Å². The Bertz CT molecular complexity index is 659. The molecular weight excluding hydrogens is 248 g/mol. The monoisotopic (exact) mass is 260 g/mol. The molecule has 5 heteroatoms. The Kier molecular flexibility index (Phi) is 2.68. The normalized spacial score (nSPS) is 10.8. The van der Waals surface area contributed by atoms with Crippen molar-refractivity contribution < 1.29 is 9.47 Å². The Morgan fingerprint density at radius 1 is 1.22 bits per heavy atom. The van der Waals surface area contributed by atoms with Gasteiger partial charge in [0.15, 0.2) is 4.96 Å². The van der Waals surface area contributed by atoms with E-state index in [2.05, 4.69) is 4.98 Å². The van der Waals surface area contributed by atoms with E-state index >= 15 is 0 Å². The van der Waals surface area contributed by atoms with Gasteiger partial charge < -0.3 is 9.47 Å². The second-order valence-electron chi connectivity index (χ2n) is 3.79. The molecule has 0 aliphatic heterocycles. The Morgan fingerprint density at radius 2 is 2.11 bits per heavy atom. The van der Waals surface area contributed by atoms with Crippen LogP contribution in [0.4, 0.5) is 0 Å².